The van der Waals surface area contributed by atoms with Crippen LogP contribution in [0.3, 0.4) is 0 Å². The molecule has 1 amide bonds. The first-order valence-electron chi connectivity index (χ1n) is 7.78. The minimum atomic E-state index is -0.315. The van der Waals surface area contributed by atoms with Crippen LogP contribution in [-0.2, 0) is 0 Å². The number of halogens is 2. The molecule has 0 aliphatic carbocycles. The molecule has 0 fully saturated rings. The number of rotatable bonds is 4. The third-order valence-corrected chi connectivity index (χ3v) is 5.44. The number of anilines is 1. The summed E-state index contributed by atoms with van der Waals surface area (Å²) >= 11 is 7.35. The van der Waals surface area contributed by atoms with Crippen molar-refractivity contribution in [2.75, 3.05) is 12.4 Å². The van der Waals surface area contributed by atoms with Gasteiger partial charge in [0.25, 0.3) is 5.91 Å². The van der Waals surface area contributed by atoms with E-state index in [2.05, 4.69) is 10.3 Å². The molecule has 2 aromatic carbocycles. The summed E-state index contributed by atoms with van der Waals surface area (Å²) in [5, 5.41) is 4.07. The van der Waals surface area contributed by atoms with Crippen LogP contribution >= 0.6 is 22.9 Å². The molecule has 0 aliphatic heterocycles. The van der Waals surface area contributed by atoms with Crippen LogP contribution in [-0.4, -0.2) is 18.0 Å². The van der Waals surface area contributed by atoms with Gasteiger partial charge in [0.15, 0.2) is 0 Å². The lowest BCUT2D eigenvalue weighted by Gasteiger charge is -2.11. The van der Waals surface area contributed by atoms with E-state index in [4.69, 9.17) is 16.3 Å². The highest BCUT2D eigenvalue weighted by Crippen LogP contribution is 2.33. The minimum Gasteiger partial charge on any atom is -0.495 e. The van der Waals surface area contributed by atoms with Crippen LogP contribution < -0.4 is 10.1 Å². The van der Waals surface area contributed by atoms with Crippen molar-refractivity contribution in [3.8, 4) is 16.3 Å². The lowest BCUT2D eigenvalue weighted by atomic mass is 10.2. The predicted octanol–water partition coefficient (Wildman–Crippen LogP) is 5.48. The van der Waals surface area contributed by atoms with Crippen molar-refractivity contribution in [2.24, 2.45) is 0 Å². The molecule has 1 aromatic heterocycles. The van der Waals surface area contributed by atoms with Crippen LogP contribution in [0.25, 0.3) is 10.6 Å². The van der Waals surface area contributed by atoms with Gasteiger partial charge in [-0.1, -0.05) is 11.6 Å². The Kier molecular flexibility index (Phi) is 5.25. The lowest BCUT2D eigenvalue weighted by Crippen LogP contribution is -2.12. The van der Waals surface area contributed by atoms with E-state index in [1.165, 1.54) is 30.6 Å². The van der Waals surface area contributed by atoms with Gasteiger partial charge in [-0.05, 0) is 49.7 Å². The number of carbonyl (C=O) groups excluding carboxylic acids is 1. The topological polar surface area (TPSA) is 51.2 Å². The van der Waals surface area contributed by atoms with Gasteiger partial charge in [0.1, 0.15) is 21.5 Å². The zero-order valence-electron chi connectivity index (χ0n) is 14.4. The van der Waals surface area contributed by atoms with Gasteiger partial charge in [0, 0.05) is 16.7 Å². The largest absolute Gasteiger partial charge is 0.495 e. The van der Waals surface area contributed by atoms with Crippen LogP contribution in [0.2, 0.25) is 5.02 Å². The van der Waals surface area contributed by atoms with Crippen molar-refractivity contribution in [1.29, 1.82) is 0 Å². The smallest absolute Gasteiger partial charge is 0.267 e. The normalized spacial score (nSPS) is 10.7. The fourth-order valence-corrected chi connectivity index (χ4v) is 3.55. The zero-order chi connectivity index (χ0) is 18.8. The minimum absolute atomic E-state index is 0.284. The molecule has 134 valence electrons. The number of thiazole rings is 1. The van der Waals surface area contributed by atoms with Gasteiger partial charge in [-0.3, -0.25) is 4.79 Å². The molecule has 0 aliphatic rings. The van der Waals surface area contributed by atoms with Crippen LogP contribution in [0.4, 0.5) is 10.1 Å². The molecule has 0 saturated heterocycles. The second-order valence-corrected chi connectivity index (χ2v) is 7.10. The highest BCUT2D eigenvalue weighted by Gasteiger charge is 2.18. The average molecular weight is 391 g/mol. The first kappa shape index (κ1) is 18.4. The summed E-state index contributed by atoms with van der Waals surface area (Å²) in [6.07, 6.45) is 0. The molecular formula is C19H16ClFN2O2S. The first-order chi connectivity index (χ1) is 12.4. The third-order valence-electron chi connectivity index (χ3n) is 3.82. The maximum absolute atomic E-state index is 13.1. The summed E-state index contributed by atoms with van der Waals surface area (Å²) < 4.78 is 18.4. The second-order valence-electron chi connectivity index (χ2n) is 5.70. The van der Waals surface area contributed by atoms with Crippen LogP contribution in [0.1, 0.15) is 20.9 Å². The Morgan fingerprint density at radius 2 is 1.92 bits per heavy atom. The van der Waals surface area contributed by atoms with Crippen molar-refractivity contribution in [3.63, 3.8) is 0 Å². The maximum atomic E-state index is 13.1. The summed E-state index contributed by atoms with van der Waals surface area (Å²) in [7, 11) is 1.52. The fourth-order valence-electron chi connectivity index (χ4n) is 2.43. The van der Waals surface area contributed by atoms with E-state index in [9.17, 15) is 9.18 Å². The van der Waals surface area contributed by atoms with Crippen molar-refractivity contribution in [2.45, 2.75) is 13.8 Å². The molecule has 1 heterocycles. The molecule has 0 saturated carbocycles. The zero-order valence-corrected chi connectivity index (χ0v) is 16.0. The van der Waals surface area contributed by atoms with E-state index in [0.29, 0.717) is 32.0 Å². The summed E-state index contributed by atoms with van der Waals surface area (Å²) in [5.41, 5.74) is 2.74. The number of carbonyl (C=O) groups is 1. The van der Waals surface area contributed by atoms with Gasteiger partial charge in [-0.15, -0.1) is 11.3 Å². The fraction of sp³-hybridized carbons (Fsp3) is 0.158. The first-order valence-corrected chi connectivity index (χ1v) is 8.97. The number of nitrogens with zero attached hydrogens (tertiary/aromatic N) is 1. The molecule has 3 rings (SSSR count). The van der Waals surface area contributed by atoms with Crippen molar-refractivity contribution in [1.82, 2.24) is 4.98 Å². The molecule has 0 bridgehead atoms. The highest BCUT2D eigenvalue weighted by molar-refractivity contribution is 7.17. The number of methoxy groups -OCH3 is 1. The van der Waals surface area contributed by atoms with E-state index in [1.54, 1.807) is 31.2 Å². The lowest BCUT2D eigenvalue weighted by molar-refractivity contribution is 0.102. The molecule has 0 atom stereocenters. The van der Waals surface area contributed by atoms with E-state index in [0.717, 1.165) is 11.1 Å². The molecule has 3 aromatic rings. The van der Waals surface area contributed by atoms with Crippen molar-refractivity contribution >= 4 is 34.5 Å². The number of hydrogen-bond donors (Lipinski definition) is 1. The Balaban J connectivity index is 1.89. The van der Waals surface area contributed by atoms with Crippen molar-refractivity contribution < 1.29 is 13.9 Å². The Morgan fingerprint density at radius 1 is 1.23 bits per heavy atom. The number of hydrogen-bond acceptors (Lipinski definition) is 4. The summed E-state index contributed by atoms with van der Waals surface area (Å²) in [6, 6.07) is 9.44. The number of nitrogens with one attached hydrogen (secondary N) is 1. The van der Waals surface area contributed by atoms with Crippen LogP contribution in [0, 0.1) is 19.7 Å². The van der Waals surface area contributed by atoms with Gasteiger partial charge >= 0.3 is 0 Å². The van der Waals surface area contributed by atoms with E-state index >= 15 is 0 Å². The number of amides is 1. The molecule has 0 radical (unpaired) electrons. The number of ether oxygens (including phenoxy) is 1. The van der Waals surface area contributed by atoms with Gasteiger partial charge < -0.3 is 10.1 Å². The molecule has 0 spiro atoms. The second kappa shape index (κ2) is 7.43. The van der Waals surface area contributed by atoms with E-state index in [1.807, 2.05) is 6.92 Å². The number of benzene rings is 2. The SMILES string of the molecule is COc1cc(Cl)c(C)cc1NC(=O)c1sc(-c2ccc(F)cc2)nc1C. The quantitative estimate of drug-likeness (QED) is 0.641. The summed E-state index contributed by atoms with van der Waals surface area (Å²) in [5.74, 6) is -0.117. The molecule has 1 N–H and O–H groups in total. The summed E-state index contributed by atoms with van der Waals surface area (Å²) in [4.78, 5) is 17.6. The van der Waals surface area contributed by atoms with Gasteiger partial charge in [0.2, 0.25) is 0 Å². The molecule has 0 unspecified atom stereocenters. The third kappa shape index (κ3) is 3.71. The predicted molar refractivity (Wildman–Crippen MR) is 103 cm³/mol. The van der Waals surface area contributed by atoms with Crippen LogP contribution in [0.5, 0.6) is 5.75 Å². The molecular weight excluding hydrogens is 375 g/mol. The van der Waals surface area contributed by atoms with Crippen molar-refractivity contribution in [3.05, 3.63) is 63.4 Å². The molecule has 7 heteroatoms. The van der Waals surface area contributed by atoms with E-state index in [-0.39, 0.29) is 11.7 Å². The Labute approximate surface area is 159 Å². The monoisotopic (exact) mass is 390 g/mol. The average Bonchev–Trinajstić information content (AvgIpc) is 3.00. The van der Waals surface area contributed by atoms with E-state index < -0.39 is 0 Å². The number of aryl methyl sites for hydroxylation is 2. The molecule has 4 nitrogen and oxygen atoms in total. The molecule has 26 heavy (non-hydrogen) atoms. The standard InChI is InChI=1S/C19H16ClFN2O2S/c1-10-8-15(16(25-3)9-14(10)20)23-18(24)17-11(2)22-19(26-17)12-4-6-13(21)7-5-12/h4-9H,1-3H3,(H,23,24). The highest BCUT2D eigenvalue weighted by atomic mass is 35.5. The Morgan fingerprint density at radius 3 is 2.58 bits per heavy atom. The van der Waals surface area contributed by atoms with Gasteiger partial charge in [0.05, 0.1) is 18.5 Å². The van der Waals surface area contributed by atoms with Crippen LogP contribution in [0.15, 0.2) is 36.4 Å². The number of aromatic nitrogens is 1. The maximum Gasteiger partial charge on any atom is 0.267 e. The Bertz CT molecular complexity index is 970. The Hall–Kier alpha value is -2.44. The van der Waals surface area contributed by atoms with Gasteiger partial charge in [-0.25, -0.2) is 9.37 Å². The summed E-state index contributed by atoms with van der Waals surface area (Å²) in [6.45, 7) is 3.62. The van der Waals surface area contributed by atoms with Gasteiger partial charge in [-0.2, -0.15) is 0 Å².